The van der Waals surface area contributed by atoms with E-state index in [1.165, 1.54) is 11.0 Å². The molecule has 2 unspecified atom stereocenters. The minimum absolute atomic E-state index is 0.0881. The van der Waals surface area contributed by atoms with Crippen molar-refractivity contribution in [1.82, 2.24) is 4.90 Å². The van der Waals surface area contributed by atoms with Crippen molar-refractivity contribution in [3.05, 3.63) is 12.7 Å². The monoisotopic (exact) mass is 245 g/mol. The zero-order valence-electron chi connectivity index (χ0n) is 9.47. The van der Waals surface area contributed by atoms with Crippen molar-refractivity contribution in [2.75, 3.05) is 19.7 Å². The van der Waals surface area contributed by atoms with Gasteiger partial charge in [0.2, 0.25) is 0 Å². The van der Waals surface area contributed by atoms with Crippen LogP contribution in [0.25, 0.3) is 0 Å². The highest BCUT2D eigenvalue weighted by molar-refractivity contribution is 5.68. The van der Waals surface area contributed by atoms with Crippen molar-refractivity contribution < 1.29 is 23.8 Å². The first-order valence-electron chi connectivity index (χ1n) is 5.43. The number of ether oxygens (including phenoxy) is 1. The van der Waals surface area contributed by atoms with E-state index in [9.17, 15) is 14.0 Å². The minimum atomic E-state index is -1.31. The molecule has 1 rings (SSSR count). The number of piperidine rings is 1. The van der Waals surface area contributed by atoms with Crippen molar-refractivity contribution >= 4 is 12.1 Å². The number of aliphatic carboxylic acids is 1. The molecule has 6 heteroatoms. The van der Waals surface area contributed by atoms with E-state index in [4.69, 9.17) is 9.84 Å². The molecule has 5 nitrogen and oxygen atoms in total. The van der Waals surface area contributed by atoms with E-state index < -0.39 is 24.2 Å². The zero-order valence-corrected chi connectivity index (χ0v) is 9.47. The Morgan fingerprint density at radius 2 is 2.29 bits per heavy atom. The molecule has 0 radical (unpaired) electrons. The standard InChI is InChI=1S/C11H16FNO4/c1-2-5-17-11(16)13-4-3-8(6-10(14)15)9(12)7-13/h2,8-9H,1,3-7H2,(H,14,15). The lowest BCUT2D eigenvalue weighted by Gasteiger charge is -2.33. The van der Waals surface area contributed by atoms with Crippen molar-refractivity contribution in [3.63, 3.8) is 0 Å². The summed E-state index contributed by atoms with van der Waals surface area (Å²) >= 11 is 0. The molecule has 0 aromatic rings. The molecule has 1 amide bonds. The van der Waals surface area contributed by atoms with Gasteiger partial charge in [0, 0.05) is 12.5 Å². The summed E-state index contributed by atoms with van der Waals surface area (Å²) in [4.78, 5) is 23.1. The van der Waals surface area contributed by atoms with Crippen LogP contribution < -0.4 is 0 Å². The average molecular weight is 245 g/mol. The summed E-state index contributed by atoms with van der Waals surface area (Å²) < 4.78 is 18.4. The number of carbonyl (C=O) groups is 2. The molecule has 1 saturated heterocycles. The summed E-state index contributed by atoms with van der Waals surface area (Å²) in [7, 11) is 0. The van der Waals surface area contributed by atoms with Crippen LogP contribution in [0.4, 0.5) is 9.18 Å². The smallest absolute Gasteiger partial charge is 0.410 e. The Labute approximate surface area is 98.8 Å². The van der Waals surface area contributed by atoms with Gasteiger partial charge >= 0.3 is 12.1 Å². The van der Waals surface area contributed by atoms with Gasteiger partial charge in [0.1, 0.15) is 12.8 Å². The molecule has 1 aliphatic heterocycles. The fourth-order valence-electron chi connectivity index (χ4n) is 1.79. The molecular weight excluding hydrogens is 229 g/mol. The van der Waals surface area contributed by atoms with E-state index in [2.05, 4.69) is 6.58 Å². The first-order valence-corrected chi connectivity index (χ1v) is 5.43. The van der Waals surface area contributed by atoms with Gasteiger partial charge in [-0.1, -0.05) is 12.7 Å². The molecule has 2 atom stereocenters. The highest BCUT2D eigenvalue weighted by atomic mass is 19.1. The number of rotatable bonds is 4. The van der Waals surface area contributed by atoms with Crippen LogP contribution in [0.1, 0.15) is 12.8 Å². The van der Waals surface area contributed by atoms with Crippen molar-refractivity contribution in [1.29, 1.82) is 0 Å². The lowest BCUT2D eigenvalue weighted by atomic mass is 9.92. The number of hydrogen-bond acceptors (Lipinski definition) is 3. The molecule has 0 spiro atoms. The summed E-state index contributed by atoms with van der Waals surface area (Å²) in [5, 5.41) is 8.59. The van der Waals surface area contributed by atoms with Crippen LogP contribution in [0.2, 0.25) is 0 Å². The largest absolute Gasteiger partial charge is 0.481 e. The SMILES string of the molecule is C=CCOC(=O)N1CCC(CC(=O)O)C(F)C1. The molecule has 0 aromatic heterocycles. The highest BCUT2D eigenvalue weighted by Gasteiger charge is 2.33. The van der Waals surface area contributed by atoms with Crippen LogP contribution in [0.5, 0.6) is 0 Å². The van der Waals surface area contributed by atoms with Gasteiger partial charge in [0.05, 0.1) is 13.0 Å². The van der Waals surface area contributed by atoms with Crippen LogP contribution in [-0.4, -0.2) is 47.9 Å². The fourth-order valence-corrected chi connectivity index (χ4v) is 1.79. The number of nitrogens with zero attached hydrogens (tertiary/aromatic N) is 1. The first-order chi connectivity index (χ1) is 8.04. The Morgan fingerprint density at radius 3 is 2.82 bits per heavy atom. The minimum Gasteiger partial charge on any atom is -0.481 e. The van der Waals surface area contributed by atoms with Gasteiger partial charge in [-0.05, 0) is 6.42 Å². The molecule has 1 N–H and O–H groups in total. The number of carboxylic acids is 1. The molecule has 1 fully saturated rings. The van der Waals surface area contributed by atoms with E-state index in [1.807, 2.05) is 0 Å². The molecule has 0 aromatic carbocycles. The van der Waals surface area contributed by atoms with E-state index in [1.54, 1.807) is 0 Å². The maximum Gasteiger partial charge on any atom is 0.410 e. The van der Waals surface area contributed by atoms with Gasteiger partial charge < -0.3 is 14.7 Å². The quantitative estimate of drug-likeness (QED) is 0.761. The second-order valence-electron chi connectivity index (χ2n) is 3.97. The second kappa shape index (κ2) is 6.22. The van der Waals surface area contributed by atoms with Crippen LogP contribution >= 0.6 is 0 Å². The van der Waals surface area contributed by atoms with Gasteiger partial charge in [0.15, 0.2) is 0 Å². The predicted octanol–water partition coefficient (Wildman–Crippen LogP) is 1.44. The number of alkyl halides is 1. The maximum atomic E-state index is 13.6. The third-order valence-corrected chi connectivity index (χ3v) is 2.70. The van der Waals surface area contributed by atoms with Gasteiger partial charge in [-0.25, -0.2) is 9.18 Å². The van der Waals surface area contributed by atoms with Crippen LogP contribution in [0.15, 0.2) is 12.7 Å². The van der Waals surface area contributed by atoms with Crippen LogP contribution in [0, 0.1) is 5.92 Å². The van der Waals surface area contributed by atoms with Gasteiger partial charge in [-0.3, -0.25) is 4.79 Å². The Balaban J connectivity index is 2.43. The van der Waals surface area contributed by atoms with Gasteiger partial charge in [-0.15, -0.1) is 0 Å². The molecule has 0 aliphatic carbocycles. The number of carbonyl (C=O) groups excluding carboxylic acids is 1. The molecule has 17 heavy (non-hydrogen) atoms. The summed E-state index contributed by atoms with van der Waals surface area (Å²) in [6, 6.07) is 0. The van der Waals surface area contributed by atoms with Crippen LogP contribution in [-0.2, 0) is 9.53 Å². The number of likely N-dealkylation sites (tertiary alicyclic amines) is 1. The lowest BCUT2D eigenvalue weighted by molar-refractivity contribution is -0.139. The molecule has 0 saturated carbocycles. The molecule has 1 aliphatic rings. The number of amides is 1. The summed E-state index contributed by atoms with van der Waals surface area (Å²) in [6.07, 6.45) is -0.312. The molecule has 1 heterocycles. The van der Waals surface area contributed by atoms with Crippen molar-refractivity contribution in [3.8, 4) is 0 Å². The highest BCUT2D eigenvalue weighted by Crippen LogP contribution is 2.24. The zero-order chi connectivity index (χ0) is 12.8. The van der Waals surface area contributed by atoms with E-state index in [-0.39, 0.29) is 19.6 Å². The number of halogens is 1. The third-order valence-electron chi connectivity index (χ3n) is 2.70. The van der Waals surface area contributed by atoms with Gasteiger partial charge in [0.25, 0.3) is 0 Å². The summed E-state index contributed by atoms with van der Waals surface area (Å²) in [6.45, 7) is 3.71. The average Bonchev–Trinajstić information content (AvgIpc) is 2.28. The van der Waals surface area contributed by atoms with Crippen LogP contribution in [0.3, 0.4) is 0 Å². The van der Waals surface area contributed by atoms with Gasteiger partial charge in [-0.2, -0.15) is 0 Å². The first kappa shape index (κ1) is 13.5. The predicted molar refractivity (Wildman–Crippen MR) is 58.4 cm³/mol. The van der Waals surface area contributed by atoms with Crippen molar-refractivity contribution in [2.24, 2.45) is 5.92 Å². The Kier molecular flexibility index (Phi) is 4.93. The van der Waals surface area contributed by atoms with E-state index in [0.717, 1.165) is 0 Å². The Bertz CT molecular complexity index is 308. The Morgan fingerprint density at radius 1 is 1.59 bits per heavy atom. The lowest BCUT2D eigenvalue weighted by Crippen LogP contribution is -2.45. The molecule has 96 valence electrons. The topological polar surface area (TPSA) is 66.8 Å². The summed E-state index contributed by atoms with van der Waals surface area (Å²) in [5.41, 5.74) is 0. The molecule has 0 bridgehead atoms. The molecular formula is C11H16FNO4. The normalized spacial score (nSPS) is 24.2. The Hall–Kier alpha value is -1.59. The number of hydrogen-bond donors (Lipinski definition) is 1. The number of carboxylic acid groups (broad SMARTS) is 1. The maximum absolute atomic E-state index is 13.6. The fraction of sp³-hybridized carbons (Fsp3) is 0.636. The van der Waals surface area contributed by atoms with E-state index in [0.29, 0.717) is 13.0 Å². The second-order valence-corrected chi connectivity index (χ2v) is 3.97. The van der Waals surface area contributed by atoms with Crippen molar-refractivity contribution in [2.45, 2.75) is 19.0 Å². The van der Waals surface area contributed by atoms with E-state index >= 15 is 0 Å². The summed E-state index contributed by atoms with van der Waals surface area (Å²) in [5.74, 6) is -1.53. The third kappa shape index (κ3) is 4.05.